The molecular weight excluding hydrogens is 160 g/mol. The Morgan fingerprint density at radius 3 is 2.77 bits per heavy atom. The monoisotopic (exact) mass is 170 g/mol. The zero-order valence-electron chi connectivity index (χ0n) is 7.29. The topological polar surface area (TPSA) is 9.23 Å². The molecule has 1 heteroatoms. The molecule has 1 aliphatic heterocycles. The molecule has 0 aromatic heterocycles. The fraction of sp³-hybridized carbons (Fsp3) is 0. The summed E-state index contributed by atoms with van der Waals surface area (Å²) in [5.74, 6) is 1.52. The van der Waals surface area contributed by atoms with Crippen molar-refractivity contribution in [3.63, 3.8) is 0 Å². The van der Waals surface area contributed by atoms with Crippen molar-refractivity contribution in [2.24, 2.45) is 0 Å². The van der Waals surface area contributed by atoms with Gasteiger partial charge in [-0.25, -0.2) is 0 Å². The second kappa shape index (κ2) is 2.94. The highest BCUT2D eigenvalue weighted by Crippen LogP contribution is 2.30. The van der Waals surface area contributed by atoms with Crippen molar-refractivity contribution < 1.29 is 4.74 Å². The van der Waals surface area contributed by atoms with Crippen molar-refractivity contribution in [3.05, 3.63) is 60.4 Å². The van der Waals surface area contributed by atoms with Gasteiger partial charge in [0, 0.05) is 11.1 Å². The van der Waals surface area contributed by atoms with E-state index in [-0.39, 0.29) is 0 Å². The zero-order chi connectivity index (χ0) is 9.26. The predicted octanol–water partition coefficient (Wildman–Crippen LogP) is 3.16. The Hall–Kier alpha value is -1.76. The van der Waals surface area contributed by atoms with Gasteiger partial charge < -0.3 is 4.74 Å². The van der Waals surface area contributed by atoms with Crippen LogP contribution in [0.4, 0.5) is 0 Å². The van der Waals surface area contributed by atoms with E-state index in [0.717, 1.165) is 16.9 Å². The molecule has 0 radical (unpaired) electrons. The van der Waals surface area contributed by atoms with Crippen molar-refractivity contribution in [3.8, 4) is 5.75 Å². The van der Waals surface area contributed by atoms with Gasteiger partial charge in [-0.3, -0.25) is 0 Å². The lowest BCUT2D eigenvalue weighted by Crippen LogP contribution is -2.02. The molecule has 1 aromatic carbocycles. The maximum Gasteiger partial charge on any atom is 0.134 e. The Labute approximate surface area is 77.7 Å². The third-order valence-corrected chi connectivity index (χ3v) is 2.01. The standard InChI is InChI=1S/C12H10O/c1-3-10-8-11-6-4-5-7-12(11)13-9(10)2/h3-8H,1-2H2. The molecule has 0 atom stereocenters. The van der Waals surface area contributed by atoms with E-state index in [1.807, 2.05) is 30.3 Å². The first-order valence-electron chi connectivity index (χ1n) is 4.11. The lowest BCUT2D eigenvalue weighted by molar-refractivity contribution is 0.436. The Kier molecular flexibility index (Phi) is 1.78. The minimum Gasteiger partial charge on any atom is -0.457 e. The molecule has 0 saturated carbocycles. The normalized spacial score (nSPS) is 14.2. The smallest absolute Gasteiger partial charge is 0.134 e. The van der Waals surface area contributed by atoms with E-state index in [1.54, 1.807) is 6.08 Å². The summed E-state index contributed by atoms with van der Waals surface area (Å²) in [6, 6.07) is 7.86. The fourth-order valence-electron chi connectivity index (χ4n) is 1.31. The maximum atomic E-state index is 5.50. The van der Waals surface area contributed by atoms with E-state index >= 15 is 0 Å². The van der Waals surface area contributed by atoms with E-state index in [9.17, 15) is 0 Å². The summed E-state index contributed by atoms with van der Waals surface area (Å²) in [5.41, 5.74) is 2.02. The van der Waals surface area contributed by atoms with Gasteiger partial charge in [-0.2, -0.15) is 0 Å². The second-order valence-corrected chi connectivity index (χ2v) is 2.87. The van der Waals surface area contributed by atoms with Crippen molar-refractivity contribution in [2.45, 2.75) is 0 Å². The zero-order valence-corrected chi connectivity index (χ0v) is 7.29. The molecule has 0 spiro atoms. The van der Waals surface area contributed by atoms with Crippen LogP contribution < -0.4 is 4.74 Å². The lowest BCUT2D eigenvalue weighted by atomic mass is 10.1. The van der Waals surface area contributed by atoms with Crippen LogP contribution in [0.3, 0.4) is 0 Å². The van der Waals surface area contributed by atoms with E-state index in [2.05, 4.69) is 13.2 Å². The number of fused-ring (bicyclic) bond motifs is 1. The van der Waals surface area contributed by atoms with E-state index in [0.29, 0.717) is 5.76 Å². The van der Waals surface area contributed by atoms with Crippen molar-refractivity contribution in [1.29, 1.82) is 0 Å². The molecule has 0 fully saturated rings. The molecule has 1 nitrogen and oxygen atoms in total. The summed E-state index contributed by atoms with van der Waals surface area (Å²) in [6.07, 6.45) is 3.77. The fourth-order valence-corrected chi connectivity index (χ4v) is 1.31. The van der Waals surface area contributed by atoms with Crippen molar-refractivity contribution in [2.75, 3.05) is 0 Å². The molecule has 0 amide bonds. The Bertz CT molecular complexity index is 399. The first kappa shape index (κ1) is 7.87. The van der Waals surface area contributed by atoms with Crippen LogP contribution in [0.5, 0.6) is 5.75 Å². The minimum absolute atomic E-state index is 0.661. The molecule has 1 heterocycles. The molecule has 64 valence electrons. The highest BCUT2D eigenvalue weighted by molar-refractivity contribution is 5.68. The number of hydrogen-bond acceptors (Lipinski definition) is 1. The first-order chi connectivity index (χ1) is 6.31. The summed E-state index contributed by atoms with van der Waals surface area (Å²) in [5, 5.41) is 0. The molecule has 1 aliphatic rings. The van der Waals surface area contributed by atoms with Crippen molar-refractivity contribution in [1.82, 2.24) is 0 Å². The quantitative estimate of drug-likeness (QED) is 0.629. The number of para-hydroxylation sites is 1. The number of rotatable bonds is 1. The van der Waals surface area contributed by atoms with Gasteiger partial charge in [0.05, 0.1) is 0 Å². The molecule has 2 rings (SSSR count). The molecule has 0 unspecified atom stereocenters. The molecule has 1 aromatic rings. The van der Waals surface area contributed by atoms with Crippen LogP contribution in [0.1, 0.15) is 5.56 Å². The number of benzene rings is 1. The molecule has 0 N–H and O–H groups in total. The molecule has 0 aliphatic carbocycles. The number of ether oxygens (including phenoxy) is 1. The molecule has 0 saturated heterocycles. The average Bonchev–Trinajstić information content (AvgIpc) is 2.17. The van der Waals surface area contributed by atoms with Crippen LogP contribution in [-0.2, 0) is 0 Å². The van der Waals surface area contributed by atoms with Crippen LogP contribution in [0.15, 0.2) is 54.8 Å². The molecular formula is C12H10O. The Morgan fingerprint density at radius 1 is 1.23 bits per heavy atom. The van der Waals surface area contributed by atoms with Gasteiger partial charge in [-0.1, -0.05) is 37.4 Å². The minimum atomic E-state index is 0.661. The lowest BCUT2D eigenvalue weighted by Gasteiger charge is -2.17. The van der Waals surface area contributed by atoms with Gasteiger partial charge in [0.1, 0.15) is 11.5 Å². The Morgan fingerprint density at radius 2 is 2.00 bits per heavy atom. The van der Waals surface area contributed by atoms with Crippen molar-refractivity contribution >= 4 is 6.08 Å². The van der Waals surface area contributed by atoms with Gasteiger partial charge in [0.25, 0.3) is 0 Å². The first-order valence-corrected chi connectivity index (χ1v) is 4.11. The SMILES string of the molecule is C=CC1=Cc2ccccc2OC1=C. The Balaban J connectivity index is 2.56. The van der Waals surface area contributed by atoms with Crippen LogP contribution >= 0.6 is 0 Å². The van der Waals surface area contributed by atoms with Crippen LogP contribution in [0.25, 0.3) is 6.08 Å². The average molecular weight is 170 g/mol. The van der Waals surface area contributed by atoms with E-state index in [4.69, 9.17) is 4.74 Å². The van der Waals surface area contributed by atoms with E-state index in [1.165, 1.54) is 0 Å². The summed E-state index contributed by atoms with van der Waals surface area (Å²) >= 11 is 0. The van der Waals surface area contributed by atoms with Gasteiger partial charge in [0.2, 0.25) is 0 Å². The second-order valence-electron chi connectivity index (χ2n) is 2.87. The van der Waals surface area contributed by atoms with Gasteiger partial charge in [-0.15, -0.1) is 0 Å². The predicted molar refractivity (Wildman–Crippen MR) is 54.4 cm³/mol. The molecule has 0 bridgehead atoms. The van der Waals surface area contributed by atoms with E-state index < -0.39 is 0 Å². The van der Waals surface area contributed by atoms with Crippen LogP contribution in [0.2, 0.25) is 0 Å². The largest absolute Gasteiger partial charge is 0.457 e. The third-order valence-electron chi connectivity index (χ3n) is 2.01. The number of hydrogen-bond donors (Lipinski definition) is 0. The highest BCUT2D eigenvalue weighted by atomic mass is 16.5. The third kappa shape index (κ3) is 1.29. The number of allylic oxidation sites excluding steroid dienone is 1. The van der Waals surface area contributed by atoms with Gasteiger partial charge in [0.15, 0.2) is 0 Å². The molecule has 13 heavy (non-hydrogen) atoms. The summed E-state index contributed by atoms with van der Waals surface area (Å²) < 4.78 is 5.50. The van der Waals surface area contributed by atoms with Crippen LogP contribution in [-0.4, -0.2) is 0 Å². The highest BCUT2D eigenvalue weighted by Gasteiger charge is 2.11. The van der Waals surface area contributed by atoms with Crippen LogP contribution in [0, 0.1) is 0 Å². The maximum absolute atomic E-state index is 5.50. The van der Waals surface area contributed by atoms with Gasteiger partial charge in [-0.05, 0) is 12.1 Å². The summed E-state index contributed by atoms with van der Waals surface area (Å²) in [6.45, 7) is 7.50. The van der Waals surface area contributed by atoms with Gasteiger partial charge >= 0.3 is 0 Å². The summed E-state index contributed by atoms with van der Waals surface area (Å²) in [7, 11) is 0. The summed E-state index contributed by atoms with van der Waals surface area (Å²) in [4.78, 5) is 0.